The molecule has 1 fully saturated rings. The maximum Gasteiger partial charge on any atom is 0.0986 e. The highest BCUT2D eigenvalue weighted by Gasteiger charge is 2.31. The molecule has 0 aromatic heterocycles. The van der Waals surface area contributed by atoms with Gasteiger partial charge in [0.1, 0.15) is 0 Å². The van der Waals surface area contributed by atoms with Gasteiger partial charge in [-0.3, -0.25) is 0 Å². The molecule has 15 heavy (non-hydrogen) atoms. The lowest BCUT2D eigenvalue weighted by molar-refractivity contribution is 0.0495. The maximum atomic E-state index is 10.5. The lowest BCUT2D eigenvalue weighted by atomic mass is 9.90. The van der Waals surface area contributed by atoms with E-state index in [0.717, 1.165) is 29.7 Å². The summed E-state index contributed by atoms with van der Waals surface area (Å²) in [6, 6.07) is 8.02. The van der Waals surface area contributed by atoms with Crippen molar-refractivity contribution in [1.82, 2.24) is 0 Å². The summed E-state index contributed by atoms with van der Waals surface area (Å²) < 4.78 is 0. The second-order valence-corrected chi connectivity index (χ2v) is 5.20. The van der Waals surface area contributed by atoms with Gasteiger partial charge in [0, 0.05) is 12.3 Å². The molecule has 0 bridgehead atoms. The number of hydrogen-bond donors (Lipinski definition) is 2. The summed E-state index contributed by atoms with van der Waals surface area (Å²) in [5, 5.41) is 10.5. The van der Waals surface area contributed by atoms with Crippen molar-refractivity contribution < 1.29 is 5.11 Å². The van der Waals surface area contributed by atoms with E-state index >= 15 is 0 Å². The third kappa shape index (κ3) is 2.36. The zero-order valence-electron chi connectivity index (χ0n) is 8.78. The summed E-state index contributed by atoms with van der Waals surface area (Å²) in [7, 11) is 0. The van der Waals surface area contributed by atoms with Crippen LogP contribution >= 0.6 is 11.8 Å². The highest BCUT2D eigenvalue weighted by atomic mass is 32.2. The molecule has 0 saturated carbocycles. The Hall–Kier alpha value is -0.510. The Morgan fingerprint density at radius 1 is 1.47 bits per heavy atom. The summed E-state index contributed by atoms with van der Waals surface area (Å²) in [6.45, 7) is 0.539. The molecule has 1 unspecified atom stereocenters. The van der Waals surface area contributed by atoms with Gasteiger partial charge in [-0.1, -0.05) is 24.3 Å². The smallest absolute Gasteiger partial charge is 0.0986 e. The molecular formula is C12H17NOS. The SMILES string of the molecule is NCc1cccc(C2(O)CCCSC2)c1. The number of benzene rings is 1. The van der Waals surface area contributed by atoms with Crippen molar-refractivity contribution in [2.45, 2.75) is 25.0 Å². The summed E-state index contributed by atoms with van der Waals surface area (Å²) in [6.07, 6.45) is 1.96. The molecule has 3 heteroatoms. The minimum atomic E-state index is -0.631. The third-order valence-corrected chi connectivity index (χ3v) is 4.18. The lowest BCUT2D eigenvalue weighted by Crippen LogP contribution is -2.32. The second kappa shape index (κ2) is 4.56. The number of aliphatic hydroxyl groups is 1. The maximum absolute atomic E-state index is 10.5. The van der Waals surface area contributed by atoms with Gasteiger partial charge in [0.15, 0.2) is 0 Å². The van der Waals surface area contributed by atoms with Crippen LogP contribution in [-0.4, -0.2) is 16.6 Å². The fraction of sp³-hybridized carbons (Fsp3) is 0.500. The van der Waals surface area contributed by atoms with Crippen LogP contribution in [-0.2, 0) is 12.1 Å². The van der Waals surface area contributed by atoms with E-state index in [1.54, 1.807) is 0 Å². The Kier molecular flexibility index (Phi) is 3.34. The molecule has 1 aliphatic rings. The molecule has 3 N–H and O–H groups in total. The van der Waals surface area contributed by atoms with Crippen molar-refractivity contribution in [3.8, 4) is 0 Å². The van der Waals surface area contributed by atoms with Crippen molar-refractivity contribution in [2.24, 2.45) is 5.73 Å². The van der Waals surface area contributed by atoms with Crippen LogP contribution in [0.25, 0.3) is 0 Å². The second-order valence-electron chi connectivity index (χ2n) is 4.09. The van der Waals surface area contributed by atoms with E-state index in [1.165, 1.54) is 5.75 Å². The van der Waals surface area contributed by atoms with Gasteiger partial charge in [-0.2, -0.15) is 11.8 Å². The molecule has 0 aliphatic carbocycles. The van der Waals surface area contributed by atoms with E-state index in [9.17, 15) is 5.11 Å². The zero-order valence-corrected chi connectivity index (χ0v) is 9.59. The van der Waals surface area contributed by atoms with Gasteiger partial charge in [-0.15, -0.1) is 0 Å². The molecule has 1 aliphatic heterocycles. The third-order valence-electron chi connectivity index (χ3n) is 2.92. The fourth-order valence-corrected chi connectivity index (χ4v) is 3.14. The lowest BCUT2D eigenvalue weighted by Gasteiger charge is -2.32. The predicted octanol–water partition coefficient (Wildman–Crippen LogP) is 1.86. The molecule has 0 spiro atoms. The molecule has 1 aromatic rings. The van der Waals surface area contributed by atoms with Crippen molar-refractivity contribution in [3.05, 3.63) is 35.4 Å². The van der Waals surface area contributed by atoms with E-state index in [-0.39, 0.29) is 0 Å². The summed E-state index contributed by atoms with van der Waals surface area (Å²) in [4.78, 5) is 0. The molecule has 82 valence electrons. The average molecular weight is 223 g/mol. The number of thioether (sulfide) groups is 1. The minimum absolute atomic E-state index is 0.539. The van der Waals surface area contributed by atoms with E-state index in [1.807, 2.05) is 36.0 Å². The standard InChI is InChI=1S/C12H17NOS/c13-8-10-3-1-4-11(7-10)12(14)5-2-6-15-9-12/h1,3-4,7,14H,2,5-6,8-9,13H2. The molecule has 2 nitrogen and oxygen atoms in total. The number of rotatable bonds is 2. The van der Waals surface area contributed by atoms with Gasteiger partial charge >= 0.3 is 0 Å². The van der Waals surface area contributed by atoms with Gasteiger partial charge in [-0.05, 0) is 29.7 Å². The summed E-state index contributed by atoms with van der Waals surface area (Å²) in [5.74, 6) is 1.97. The highest BCUT2D eigenvalue weighted by molar-refractivity contribution is 7.99. The Balaban J connectivity index is 2.26. The normalized spacial score (nSPS) is 26.5. The summed E-state index contributed by atoms with van der Waals surface area (Å²) >= 11 is 1.83. The van der Waals surface area contributed by atoms with Crippen molar-refractivity contribution >= 4 is 11.8 Å². The van der Waals surface area contributed by atoms with Gasteiger partial charge in [0.2, 0.25) is 0 Å². The van der Waals surface area contributed by atoms with Gasteiger partial charge in [0.05, 0.1) is 5.60 Å². The molecule has 2 rings (SSSR count). The number of nitrogens with two attached hydrogens (primary N) is 1. The van der Waals surface area contributed by atoms with Crippen LogP contribution in [0.4, 0.5) is 0 Å². The van der Waals surface area contributed by atoms with E-state index in [2.05, 4.69) is 0 Å². The van der Waals surface area contributed by atoms with Crippen LogP contribution in [0, 0.1) is 0 Å². The van der Waals surface area contributed by atoms with Gasteiger partial charge in [0.25, 0.3) is 0 Å². The minimum Gasteiger partial charge on any atom is -0.384 e. The Morgan fingerprint density at radius 3 is 3.00 bits per heavy atom. The van der Waals surface area contributed by atoms with Crippen molar-refractivity contribution in [3.63, 3.8) is 0 Å². The van der Waals surface area contributed by atoms with Crippen molar-refractivity contribution in [1.29, 1.82) is 0 Å². The Labute approximate surface area is 94.9 Å². The average Bonchev–Trinajstić information content (AvgIpc) is 2.30. The van der Waals surface area contributed by atoms with Gasteiger partial charge < -0.3 is 10.8 Å². The predicted molar refractivity (Wildman–Crippen MR) is 64.8 cm³/mol. The first-order valence-electron chi connectivity index (χ1n) is 5.34. The molecule has 0 amide bonds. The van der Waals surface area contributed by atoms with E-state index in [4.69, 9.17) is 5.73 Å². The zero-order chi connectivity index (χ0) is 10.7. The van der Waals surface area contributed by atoms with Crippen molar-refractivity contribution in [2.75, 3.05) is 11.5 Å². The molecule has 1 saturated heterocycles. The van der Waals surface area contributed by atoms with Crippen LogP contribution < -0.4 is 5.73 Å². The molecular weight excluding hydrogens is 206 g/mol. The number of hydrogen-bond acceptors (Lipinski definition) is 3. The van der Waals surface area contributed by atoms with Crippen LogP contribution in [0.3, 0.4) is 0 Å². The first-order chi connectivity index (χ1) is 7.24. The monoisotopic (exact) mass is 223 g/mol. The highest BCUT2D eigenvalue weighted by Crippen LogP contribution is 2.35. The van der Waals surface area contributed by atoms with Crippen LogP contribution in [0.2, 0.25) is 0 Å². The molecule has 1 aromatic carbocycles. The van der Waals surface area contributed by atoms with Crippen LogP contribution in [0.15, 0.2) is 24.3 Å². The Bertz CT molecular complexity index is 334. The fourth-order valence-electron chi connectivity index (χ4n) is 2.00. The Morgan fingerprint density at radius 2 is 2.33 bits per heavy atom. The first-order valence-corrected chi connectivity index (χ1v) is 6.50. The molecule has 1 atom stereocenters. The first kappa shape index (κ1) is 11.0. The van der Waals surface area contributed by atoms with E-state index < -0.39 is 5.60 Å². The van der Waals surface area contributed by atoms with E-state index in [0.29, 0.717) is 6.54 Å². The van der Waals surface area contributed by atoms with Crippen LogP contribution in [0.1, 0.15) is 24.0 Å². The van der Waals surface area contributed by atoms with Gasteiger partial charge in [-0.25, -0.2) is 0 Å². The topological polar surface area (TPSA) is 46.2 Å². The molecule has 0 radical (unpaired) electrons. The summed E-state index contributed by atoms with van der Waals surface area (Å²) in [5.41, 5.74) is 7.09. The van der Waals surface area contributed by atoms with Crippen LogP contribution in [0.5, 0.6) is 0 Å². The molecule has 1 heterocycles. The quantitative estimate of drug-likeness (QED) is 0.804. The largest absolute Gasteiger partial charge is 0.384 e.